The third-order valence-corrected chi connectivity index (χ3v) is 2.57. The molecule has 0 unspecified atom stereocenters. The third-order valence-electron chi connectivity index (χ3n) is 2.57. The first-order valence-electron chi connectivity index (χ1n) is 6.32. The zero-order valence-corrected chi connectivity index (χ0v) is 11.1. The molecule has 1 aromatic rings. The molecule has 2 N–H and O–H groups in total. The molecule has 0 heterocycles. The Labute approximate surface area is 104 Å². The lowest BCUT2D eigenvalue weighted by Gasteiger charge is -2.15. The van der Waals surface area contributed by atoms with E-state index in [1.807, 2.05) is 19.9 Å². The Morgan fingerprint density at radius 2 is 1.82 bits per heavy atom. The van der Waals surface area contributed by atoms with Gasteiger partial charge in [0.05, 0.1) is 13.2 Å². The fourth-order valence-electron chi connectivity index (χ4n) is 1.89. The van der Waals surface area contributed by atoms with Gasteiger partial charge in [0, 0.05) is 0 Å². The highest BCUT2D eigenvalue weighted by molar-refractivity contribution is 5.46. The summed E-state index contributed by atoms with van der Waals surface area (Å²) in [6.07, 6.45) is 1.91. The predicted molar refractivity (Wildman–Crippen MR) is 70.9 cm³/mol. The lowest BCUT2D eigenvalue weighted by Crippen LogP contribution is -2.04. The molecule has 0 saturated carbocycles. The van der Waals surface area contributed by atoms with E-state index in [2.05, 4.69) is 13.0 Å². The van der Waals surface area contributed by atoms with E-state index >= 15 is 0 Å². The molecule has 0 aliphatic carbocycles. The third kappa shape index (κ3) is 3.93. The normalized spacial score (nSPS) is 10.4. The van der Waals surface area contributed by atoms with E-state index in [1.54, 1.807) is 0 Å². The number of rotatable bonds is 7. The topological polar surface area (TPSA) is 44.5 Å². The summed E-state index contributed by atoms with van der Waals surface area (Å²) in [7, 11) is 0. The van der Waals surface area contributed by atoms with Crippen molar-refractivity contribution in [2.75, 3.05) is 19.8 Å². The van der Waals surface area contributed by atoms with Crippen LogP contribution in [0.5, 0.6) is 11.5 Å². The highest BCUT2D eigenvalue weighted by Gasteiger charge is 2.09. The minimum Gasteiger partial charge on any atom is -0.494 e. The summed E-state index contributed by atoms with van der Waals surface area (Å²) in [6, 6.07) is 4.09. The van der Waals surface area contributed by atoms with Crippen molar-refractivity contribution in [3.63, 3.8) is 0 Å². The average Bonchev–Trinajstić information content (AvgIpc) is 2.31. The summed E-state index contributed by atoms with van der Waals surface area (Å²) in [5.41, 5.74) is 7.89. The Kier molecular flexibility index (Phi) is 5.84. The van der Waals surface area contributed by atoms with Crippen LogP contribution in [-0.2, 0) is 6.42 Å². The maximum atomic E-state index is 5.70. The van der Waals surface area contributed by atoms with Crippen LogP contribution in [0.2, 0.25) is 0 Å². The van der Waals surface area contributed by atoms with Crippen LogP contribution in [0.4, 0.5) is 0 Å². The van der Waals surface area contributed by atoms with Gasteiger partial charge in [-0.3, -0.25) is 0 Å². The summed E-state index contributed by atoms with van der Waals surface area (Å²) >= 11 is 0. The number of nitrogens with two attached hydrogens (primary N) is 1. The summed E-state index contributed by atoms with van der Waals surface area (Å²) in [4.78, 5) is 0. The molecular formula is C14H23NO2. The van der Waals surface area contributed by atoms with Crippen LogP contribution in [0, 0.1) is 6.92 Å². The molecule has 3 nitrogen and oxygen atoms in total. The molecule has 0 fully saturated rings. The Morgan fingerprint density at radius 1 is 1.12 bits per heavy atom. The monoisotopic (exact) mass is 237 g/mol. The van der Waals surface area contributed by atoms with Gasteiger partial charge in [0.1, 0.15) is 11.5 Å². The average molecular weight is 237 g/mol. The standard InChI is InChI=1S/C14H23NO2/c1-4-16-13-9-11(3)14(17-5-2)12(10-13)7-6-8-15/h9-10H,4-8,15H2,1-3H3. The van der Waals surface area contributed by atoms with Gasteiger partial charge in [-0.2, -0.15) is 0 Å². The molecule has 0 bridgehead atoms. The largest absolute Gasteiger partial charge is 0.494 e. The molecule has 1 aromatic carbocycles. The van der Waals surface area contributed by atoms with Crippen LogP contribution >= 0.6 is 0 Å². The molecule has 0 saturated heterocycles. The quantitative estimate of drug-likeness (QED) is 0.793. The van der Waals surface area contributed by atoms with Crippen molar-refractivity contribution in [1.82, 2.24) is 0 Å². The van der Waals surface area contributed by atoms with Crippen molar-refractivity contribution in [2.45, 2.75) is 33.6 Å². The number of ether oxygens (including phenoxy) is 2. The van der Waals surface area contributed by atoms with E-state index in [-0.39, 0.29) is 0 Å². The molecule has 0 radical (unpaired) electrons. The molecule has 1 rings (SSSR count). The van der Waals surface area contributed by atoms with Crippen LogP contribution < -0.4 is 15.2 Å². The second-order valence-electron chi connectivity index (χ2n) is 3.99. The predicted octanol–water partition coefficient (Wildman–Crippen LogP) is 2.68. The minimum absolute atomic E-state index is 0.684. The Morgan fingerprint density at radius 3 is 2.41 bits per heavy atom. The Balaban J connectivity index is 3.00. The number of aryl methyl sites for hydroxylation is 2. The highest BCUT2D eigenvalue weighted by atomic mass is 16.5. The van der Waals surface area contributed by atoms with Crippen molar-refractivity contribution in [3.05, 3.63) is 23.3 Å². The van der Waals surface area contributed by atoms with E-state index in [0.29, 0.717) is 19.8 Å². The van der Waals surface area contributed by atoms with Crippen LogP contribution in [0.3, 0.4) is 0 Å². The van der Waals surface area contributed by atoms with Gasteiger partial charge in [0.2, 0.25) is 0 Å². The van der Waals surface area contributed by atoms with Gasteiger partial charge in [0.25, 0.3) is 0 Å². The lowest BCUT2D eigenvalue weighted by molar-refractivity contribution is 0.325. The van der Waals surface area contributed by atoms with Gasteiger partial charge in [0.15, 0.2) is 0 Å². The van der Waals surface area contributed by atoms with E-state index in [4.69, 9.17) is 15.2 Å². The van der Waals surface area contributed by atoms with Gasteiger partial charge >= 0.3 is 0 Å². The first kappa shape index (κ1) is 13.8. The summed E-state index contributed by atoms with van der Waals surface area (Å²) in [6.45, 7) is 8.12. The Hall–Kier alpha value is -1.22. The van der Waals surface area contributed by atoms with Crippen molar-refractivity contribution < 1.29 is 9.47 Å². The highest BCUT2D eigenvalue weighted by Crippen LogP contribution is 2.30. The van der Waals surface area contributed by atoms with Gasteiger partial charge in [-0.05, 0) is 63.4 Å². The minimum atomic E-state index is 0.684. The van der Waals surface area contributed by atoms with Crippen LogP contribution in [0.25, 0.3) is 0 Å². The molecule has 0 aliphatic rings. The maximum Gasteiger partial charge on any atom is 0.125 e. The zero-order valence-electron chi connectivity index (χ0n) is 11.1. The molecule has 0 aromatic heterocycles. The van der Waals surface area contributed by atoms with E-state index < -0.39 is 0 Å². The van der Waals surface area contributed by atoms with Gasteiger partial charge in [-0.15, -0.1) is 0 Å². The molecule has 0 aliphatic heterocycles. The van der Waals surface area contributed by atoms with Gasteiger partial charge in [-0.25, -0.2) is 0 Å². The number of benzene rings is 1. The summed E-state index contributed by atoms with van der Waals surface area (Å²) in [5, 5.41) is 0. The van der Waals surface area contributed by atoms with Crippen LogP contribution in [0.15, 0.2) is 12.1 Å². The molecule has 96 valence electrons. The summed E-state index contributed by atoms with van der Waals surface area (Å²) in [5.74, 6) is 1.91. The second kappa shape index (κ2) is 7.17. The van der Waals surface area contributed by atoms with Crippen LogP contribution in [0.1, 0.15) is 31.4 Å². The van der Waals surface area contributed by atoms with Crippen molar-refractivity contribution in [3.8, 4) is 11.5 Å². The van der Waals surface area contributed by atoms with Crippen molar-refractivity contribution in [2.24, 2.45) is 5.73 Å². The molecule has 0 atom stereocenters. The summed E-state index contributed by atoms with van der Waals surface area (Å²) < 4.78 is 11.3. The van der Waals surface area contributed by atoms with Crippen molar-refractivity contribution in [1.29, 1.82) is 0 Å². The molecule has 0 spiro atoms. The van der Waals surface area contributed by atoms with Gasteiger partial charge < -0.3 is 15.2 Å². The van der Waals surface area contributed by atoms with E-state index in [0.717, 1.165) is 29.9 Å². The number of hydrogen-bond acceptors (Lipinski definition) is 3. The smallest absolute Gasteiger partial charge is 0.125 e. The molecule has 3 heteroatoms. The van der Waals surface area contributed by atoms with E-state index in [9.17, 15) is 0 Å². The van der Waals surface area contributed by atoms with Crippen LogP contribution in [-0.4, -0.2) is 19.8 Å². The molecule has 17 heavy (non-hydrogen) atoms. The maximum absolute atomic E-state index is 5.70. The number of hydrogen-bond donors (Lipinski definition) is 1. The second-order valence-corrected chi connectivity index (χ2v) is 3.99. The van der Waals surface area contributed by atoms with E-state index in [1.165, 1.54) is 5.56 Å². The zero-order chi connectivity index (χ0) is 12.7. The fraction of sp³-hybridized carbons (Fsp3) is 0.571. The lowest BCUT2D eigenvalue weighted by atomic mass is 10.0. The molecule has 0 amide bonds. The Bertz CT molecular complexity index is 350. The first-order chi connectivity index (χ1) is 8.22. The SMILES string of the molecule is CCOc1cc(C)c(OCC)c(CCCN)c1. The fourth-order valence-corrected chi connectivity index (χ4v) is 1.89. The first-order valence-corrected chi connectivity index (χ1v) is 6.32. The molecular weight excluding hydrogens is 214 g/mol. The van der Waals surface area contributed by atoms with Gasteiger partial charge in [-0.1, -0.05) is 0 Å². The van der Waals surface area contributed by atoms with Crippen molar-refractivity contribution >= 4 is 0 Å².